The summed E-state index contributed by atoms with van der Waals surface area (Å²) in [5.74, 6) is 0.873. The van der Waals surface area contributed by atoms with E-state index in [4.69, 9.17) is 0 Å². The number of rotatable bonds is 6. The quantitative estimate of drug-likeness (QED) is 0.789. The Hall–Kier alpha value is -0.120. The SMILES string of the molecule is CC1CCCC(CNC(C)CC2CCCCN2)(N(C)C)C1. The fourth-order valence-electron chi connectivity index (χ4n) is 4.36. The minimum atomic E-state index is 0.381. The third-order valence-corrected chi connectivity index (χ3v) is 5.85. The summed E-state index contributed by atoms with van der Waals surface area (Å²) in [5, 5.41) is 7.54. The van der Waals surface area contributed by atoms with E-state index in [-0.39, 0.29) is 0 Å². The summed E-state index contributed by atoms with van der Waals surface area (Å²) >= 11 is 0. The number of hydrogen-bond donors (Lipinski definition) is 2. The van der Waals surface area contributed by atoms with Crippen LogP contribution in [0.1, 0.15) is 65.2 Å². The van der Waals surface area contributed by atoms with Crippen LogP contribution in [0.5, 0.6) is 0 Å². The zero-order chi connectivity index (χ0) is 15.3. The van der Waals surface area contributed by atoms with E-state index in [2.05, 4.69) is 43.5 Å². The van der Waals surface area contributed by atoms with Crippen LogP contribution >= 0.6 is 0 Å². The number of hydrogen-bond acceptors (Lipinski definition) is 3. The Morgan fingerprint density at radius 1 is 1.24 bits per heavy atom. The van der Waals surface area contributed by atoms with Crippen molar-refractivity contribution in [3.8, 4) is 0 Å². The molecular formula is C18H37N3. The molecule has 2 fully saturated rings. The lowest BCUT2D eigenvalue weighted by Gasteiger charge is -2.46. The molecule has 0 aromatic rings. The molecular weight excluding hydrogens is 258 g/mol. The monoisotopic (exact) mass is 295 g/mol. The summed E-state index contributed by atoms with van der Waals surface area (Å²) in [4.78, 5) is 2.49. The van der Waals surface area contributed by atoms with Gasteiger partial charge in [-0.25, -0.2) is 0 Å². The van der Waals surface area contributed by atoms with Gasteiger partial charge in [0, 0.05) is 24.2 Å². The van der Waals surface area contributed by atoms with Gasteiger partial charge in [0.15, 0.2) is 0 Å². The average Bonchev–Trinajstić information content (AvgIpc) is 2.46. The standard InChI is InChI=1S/C18H37N3/c1-15-8-7-10-18(13-15,21(3)4)14-20-16(2)12-17-9-5-6-11-19-17/h15-17,19-20H,5-14H2,1-4H3. The average molecular weight is 296 g/mol. The zero-order valence-electron chi connectivity index (χ0n) is 14.8. The molecule has 0 bridgehead atoms. The van der Waals surface area contributed by atoms with Crippen molar-refractivity contribution in [1.82, 2.24) is 15.5 Å². The van der Waals surface area contributed by atoms with E-state index >= 15 is 0 Å². The van der Waals surface area contributed by atoms with Crippen molar-refractivity contribution >= 4 is 0 Å². The van der Waals surface area contributed by atoms with Crippen LogP contribution in [0.2, 0.25) is 0 Å². The molecule has 0 spiro atoms. The Kier molecular flexibility index (Phi) is 6.51. The van der Waals surface area contributed by atoms with Gasteiger partial charge < -0.3 is 15.5 Å². The summed E-state index contributed by atoms with van der Waals surface area (Å²) in [7, 11) is 4.54. The van der Waals surface area contributed by atoms with Gasteiger partial charge in [-0.3, -0.25) is 0 Å². The molecule has 2 aliphatic rings. The Balaban J connectivity index is 1.80. The van der Waals surface area contributed by atoms with Gasteiger partial charge in [-0.1, -0.05) is 26.2 Å². The van der Waals surface area contributed by atoms with Gasteiger partial charge in [0.2, 0.25) is 0 Å². The van der Waals surface area contributed by atoms with E-state index < -0.39 is 0 Å². The molecule has 1 aliphatic carbocycles. The first-order valence-corrected chi connectivity index (χ1v) is 9.16. The van der Waals surface area contributed by atoms with Crippen LogP contribution < -0.4 is 10.6 Å². The number of nitrogens with zero attached hydrogens (tertiary/aromatic N) is 1. The second-order valence-electron chi connectivity index (χ2n) is 7.98. The molecule has 0 radical (unpaired) electrons. The normalized spacial score (nSPS) is 35.9. The Morgan fingerprint density at radius 2 is 2.05 bits per heavy atom. The molecule has 4 unspecified atom stereocenters. The van der Waals surface area contributed by atoms with Crippen molar-refractivity contribution in [2.75, 3.05) is 27.2 Å². The first-order valence-electron chi connectivity index (χ1n) is 9.16. The lowest BCUT2D eigenvalue weighted by molar-refractivity contribution is 0.0720. The van der Waals surface area contributed by atoms with Gasteiger partial charge in [0.25, 0.3) is 0 Å². The van der Waals surface area contributed by atoms with E-state index in [1.165, 1.54) is 57.9 Å². The van der Waals surface area contributed by atoms with E-state index in [1.807, 2.05) is 0 Å². The molecule has 4 atom stereocenters. The van der Waals surface area contributed by atoms with Gasteiger partial charge >= 0.3 is 0 Å². The third-order valence-electron chi connectivity index (χ3n) is 5.85. The molecule has 1 saturated carbocycles. The molecule has 1 heterocycles. The molecule has 1 aliphatic heterocycles. The largest absolute Gasteiger partial charge is 0.314 e. The maximum atomic E-state index is 3.86. The molecule has 1 saturated heterocycles. The predicted molar refractivity (Wildman–Crippen MR) is 91.8 cm³/mol. The molecule has 3 heteroatoms. The lowest BCUT2D eigenvalue weighted by Crippen LogP contribution is -2.55. The highest BCUT2D eigenvalue weighted by Gasteiger charge is 2.36. The highest BCUT2D eigenvalue weighted by molar-refractivity contribution is 4.95. The van der Waals surface area contributed by atoms with Gasteiger partial charge in [0.05, 0.1) is 0 Å². The van der Waals surface area contributed by atoms with Crippen molar-refractivity contribution in [2.45, 2.75) is 82.8 Å². The van der Waals surface area contributed by atoms with Crippen molar-refractivity contribution < 1.29 is 0 Å². The molecule has 2 N–H and O–H groups in total. The second-order valence-corrected chi connectivity index (χ2v) is 7.98. The van der Waals surface area contributed by atoms with Gasteiger partial charge in [-0.05, 0) is 65.6 Å². The summed E-state index contributed by atoms with van der Waals surface area (Å²) in [5.41, 5.74) is 0.381. The fourth-order valence-corrected chi connectivity index (χ4v) is 4.36. The van der Waals surface area contributed by atoms with Crippen molar-refractivity contribution in [2.24, 2.45) is 5.92 Å². The third kappa shape index (κ3) is 4.94. The van der Waals surface area contributed by atoms with E-state index in [0.717, 1.165) is 18.5 Å². The highest BCUT2D eigenvalue weighted by Crippen LogP contribution is 2.35. The van der Waals surface area contributed by atoms with Crippen molar-refractivity contribution in [3.05, 3.63) is 0 Å². The summed E-state index contributed by atoms with van der Waals surface area (Å²) in [6.07, 6.45) is 10.9. The molecule has 124 valence electrons. The minimum absolute atomic E-state index is 0.381. The van der Waals surface area contributed by atoms with Crippen LogP contribution in [0.4, 0.5) is 0 Å². The second kappa shape index (κ2) is 7.94. The summed E-state index contributed by atoms with van der Waals surface area (Å²) in [6.45, 7) is 7.16. The van der Waals surface area contributed by atoms with Crippen LogP contribution in [0.3, 0.4) is 0 Å². The van der Waals surface area contributed by atoms with E-state index in [9.17, 15) is 0 Å². The van der Waals surface area contributed by atoms with Crippen LogP contribution in [0, 0.1) is 5.92 Å². The highest BCUT2D eigenvalue weighted by atomic mass is 15.2. The van der Waals surface area contributed by atoms with Crippen molar-refractivity contribution in [3.63, 3.8) is 0 Å². The number of likely N-dealkylation sites (N-methyl/N-ethyl adjacent to an activating group) is 1. The minimum Gasteiger partial charge on any atom is -0.314 e. The Labute approximate surface area is 132 Å². The lowest BCUT2D eigenvalue weighted by atomic mass is 9.75. The predicted octanol–water partition coefficient (Wildman–Crippen LogP) is 3.01. The zero-order valence-corrected chi connectivity index (χ0v) is 14.8. The van der Waals surface area contributed by atoms with Crippen LogP contribution in [0.25, 0.3) is 0 Å². The first-order chi connectivity index (χ1) is 10.0. The topological polar surface area (TPSA) is 27.3 Å². The molecule has 0 amide bonds. The van der Waals surface area contributed by atoms with Gasteiger partial charge in [-0.2, -0.15) is 0 Å². The van der Waals surface area contributed by atoms with Crippen molar-refractivity contribution in [1.29, 1.82) is 0 Å². The van der Waals surface area contributed by atoms with Gasteiger partial charge in [-0.15, -0.1) is 0 Å². The molecule has 21 heavy (non-hydrogen) atoms. The number of nitrogens with one attached hydrogen (secondary N) is 2. The Bertz CT molecular complexity index is 299. The van der Waals surface area contributed by atoms with E-state index in [0.29, 0.717) is 11.6 Å². The Morgan fingerprint density at radius 3 is 2.67 bits per heavy atom. The molecule has 0 aromatic heterocycles. The molecule has 3 nitrogen and oxygen atoms in total. The summed E-state index contributed by atoms with van der Waals surface area (Å²) in [6, 6.07) is 1.36. The van der Waals surface area contributed by atoms with Crippen LogP contribution in [0.15, 0.2) is 0 Å². The maximum Gasteiger partial charge on any atom is 0.0330 e. The maximum absolute atomic E-state index is 3.86. The fraction of sp³-hybridized carbons (Fsp3) is 1.00. The molecule has 0 aromatic carbocycles. The van der Waals surface area contributed by atoms with Crippen LogP contribution in [-0.4, -0.2) is 49.7 Å². The summed E-state index contributed by atoms with van der Waals surface area (Å²) < 4.78 is 0. The molecule has 2 rings (SSSR count). The first kappa shape index (κ1) is 17.2. The van der Waals surface area contributed by atoms with Gasteiger partial charge in [0.1, 0.15) is 0 Å². The van der Waals surface area contributed by atoms with E-state index in [1.54, 1.807) is 0 Å². The number of piperidine rings is 1. The smallest absolute Gasteiger partial charge is 0.0330 e. The van der Waals surface area contributed by atoms with Crippen LogP contribution in [-0.2, 0) is 0 Å².